The average molecular weight is 258 g/mol. The van der Waals surface area contributed by atoms with E-state index in [9.17, 15) is 13.2 Å². The molecule has 2 N–H and O–H groups in total. The van der Waals surface area contributed by atoms with Gasteiger partial charge < -0.3 is 10.6 Å². The third-order valence-electron chi connectivity index (χ3n) is 3.15. The number of rotatable bonds is 3. The van der Waals surface area contributed by atoms with E-state index in [1.165, 1.54) is 5.56 Å². The van der Waals surface area contributed by atoms with E-state index in [-0.39, 0.29) is 12.6 Å². The molecule has 0 fully saturated rings. The van der Waals surface area contributed by atoms with E-state index in [1.54, 1.807) is 0 Å². The number of alkyl halides is 3. The van der Waals surface area contributed by atoms with Crippen LogP contribution in [0, 0.1) is 0 Å². The van der Waals surface area contributed by atoms with Crippen LogP contribution in [0.5, 0.6) is 0 Å². The Bertz CT molecular complexity index is 390. The van der Waals surface area contributed by atoms with Crippen LogP contribution in [0.3, 0.4) is 0 Å². The highest BCUT2D eigenvalue weighted by molar-refractivity contribution is 5.30. The Morgan fingerprint density at radius 2 is 2.06 bits per heavy atom. The van der Waals surface area contributed by atoms with Gasteiger partial charge in [0.05, 0.1) is 6.42 Å². The molecule has 0 saturated carbocycles. The van der Waals surface area contributed by atoms with Gasteiger partial charge in [-0.25, -0.2) is 0 Å². The summed E-state index contributed by atoms with van der Waals surface area (Å²) in [4.78, 5) is 0. The topological polar surface area (TPSA) is 24.1 Å². The molecule has 1 unspecified atom stereocenters. The van der Waals surface area contributed by atoms with Crippen molar-refractivity contribution in [2.24, 2.45) is 0 Å². The normalized spacial score (nSPS) is 20.3. The predicted octanol–water partition coefficient (Wildman–Crippen LogP) is 2.76. The van der Waals surface area contributed by atoms with Crippen LogP contribution >= 0.6 is 0 Å². The summed E-state index contributed by atoms with van der Waals surface area (Å²) in [6.45, 7) is 1.58. The summed E-state index contributed by atoms with van der Waals surface area (Å²) in [7, 11) is 0. The molecule has 1 aliphatic heterocycles. The summed E-state index contributed by atoms with van der Waals surface area (Å²) in [5.41, 5.74) is 2.28. The van der Waals surface area contributed by atoms with Crippen molar-refractivity contribution < 1.29 is 13.2 Å². The Morgan fingerprint density at radius 1 is 1.28 bits per heavy atom. The van der Waals surface area contributed by atoms with Crippen LogP contribution in [0.4, 0.5) is 13.2 Å². The van der Waals surface area contributed by atoms with Gasteiger partial charge in [-0.1, -0.05) is 24.3 Å². The Hall–Kier alpha value is -1.07. The molecule has 1 atom stereocenters. The molecule has 18 heavy (non-hydrogen) atoms. The minimum absolute atomic E-state index is 0.0125. The lowest BCUT2D eigenvalue weighted by Gasteiger charge is -2.19. The smallest absolute Gasteiger partial charge is 0.313 e. The van der Waals surface area contributed by atoms with Crippen LogP contribution < -0.4 is 10.6 Å². The molecule has 1 aromatic rings. The van der Waals surface area contributed by atoms with Crippen LogP contribution in [0.1, 0.15) is 30.0 Å². The van der Waals surface area contributed by atoms with Crippen LogP contribution in [0.15, 0.2) is 24.3 Å². The van der Waals surface area contributed by atoms with E-state index in [0.29, 0.717) is 0 Å². The van der Waals surface area contributed by atoms with Gasteiger partial charge in [-0.05, 0) is 24.1 Å². The van der Waals surface area contributed by atoms with Gasteiger partial charge in [-0.15, -0.1) is 0 Å². The second kappa shape index (κ2) is 5.71. The van der Waals surface area contributed by atoms with Crippen molar-refractivity contribution in [3.8, 4) is 0 Å². The number of nitrogens with one attached hydrogen (secondary N) is 2. The van der Waals surface area contributed by atoms with Crippen LogP contribution in [-0.2, 0) is 6.54 Å². The van der Waals surface area contributed by atoms with Crippen LogP contribution in [0.25, 0.3) is 0 Å². The predicted molar refractivity (Wildman–Crippen MR) is 64.2 cm³/mol. The molecule has 0 saturated heterocycles. The first-order valence-corrected chi connectivity index (χ1v) is 6.15. The monoisotopic (exact) mass is 258 g/mol. The third kappa shape index (κ3) is 3.71. The van der Waals surface area contributed by atoms with Crippen molar-refractivity contribution in [1.82, 2.24) is 10.6 Å². The zero-order valence-corrected chi connectivity index (χ0v) is 10.1. The van der Waals surface area contributed by atoms with Crippen LogP contribution in [-0.4, -0.2) is 19.3 Å². The third-order valence-corrected chi connectivity index (χ3v) is 3.15. The highest BCUT2D eigenvalue weighted by atomic mass is 19.4. The largest absolute Gasteiger partial charge is 0.390 e. The standard InChI is InChI=1S/C13H17F3N2/c14-13(15,16)6-8-18-12-5-7-17-9-10-3-1-2-4-11(10)12/h1-4,12,17-18H,5-9H2. The molecule has 100 valence electrons. The van der Waals surface area contributed by atoms with Crippen molar-refractivity contribution in [2.75, 3.05) is 13.1 Å². The number of hydrogen-bond acceptors (Lipinski definition) is 2. The van der Waals surface area contributed by atoms with Crippen LogP contribution in [0.2, 0.25) is 0 Å². The Kier molecular flexibility index (Phi) is 4.24. The second-order valence-corrected chi connectivity index (χ2v) is 4.54. The molecular weight excluding hydrogens is 241 g/mol. The van der Waals surface area contributed by atoms with Crippen molar-refractivity contribution in [3.05, 3.63) is 35.4 Å². The number of fused-ring (bicyclic) bond motifs is 1. The van der Waals surface area contributed by atoms with Gasteiger partial charge in [0.2, 0.25) is 0 Å². The van der Waals surface area contributed by atoms with Crippen molar-refractivity contribution >= 4 is 0 Å². The van der Waals surface area contributed by atoms with E-state index in [4.69, 9.17) is 0 Å². The van der Waals surface area contributed by atoms with Gasteiger partial charge in [0.25, 0.3) is 0 Å². The van der Waals surface area contributed by atoms with E-state index < -0.39 is 12.6 Å². The summed E-state index contributed by atoms with van der Waals surface area (Å²) in [6.07, 6.45) is -4.05. The van der Waals surface area contributed by atoms with Gasteiger partial charge in [0.15, 0.2) is 0 Å². The lowest BCUT2D eigenvalue weighted by atomic mass is 9.99. The fraction of sp³-hybridized carbons (Fsp3) is 0.538. The highest BCUT2D eigenvalue weighted by Crippen LogP contribution is 2.24. The van der Waals surface area contributed by atoms with Gasteiger partial charge in [-0.2, -0.15) is 13.2 Å². The maximum absolute atomic E-state index is 12.1. The molecule has 0 bridgehead atoms. The first-order valence-electron chi connectivity index (χ1n) is 6.15. The number of hydrogen-bond donors (Lipinski definition) is 2. The summed E-state index contributed by atoms with van der Waals surface area (Å²) in [6, 6.07) is 7.92. The second-order valence-electron chi connectivity index (χ2n) is 4.54. The lowest BCUT2D eigenvalue weighted by Crippen LogP contribution is -2.27. The van der Waals surface area contributed by atoms with E-state index >= 15 is 0 Å². The zero-order chi connectivity index (χ0) is 13.0. The molecule has 1 heterocycles. The maximum Gasteiger partial charge on any atom is 0.390 e. The molecule has 2 rings (SSSR count). The molecule has 1 aromatic carbocycles. The molecule has 0 radical (unpaired) electrons. The molecule has 0 aliphatic carbocycles. The molecular formula is C13H17F3N2. The molecule has 0 aromatic heterocycles. The quantitative estimate of drug-likeness (QED) is 0.871. The van der Waals surface area contributed by atoms with Gasteiger partial charge >= 0.3 is 6.18 Å². The minimum atomic E-state index is -4.09. The summed E-state index contributed by atoms with van der Waals surface area (Å²) >= 11 is 0. The Labute approximate surface area is 105 Å². The van der Waals surface area contributed by atoms with E-state index in [2.05, 4.69) is 10.6 Å². The van der Waals surface area contributed by atoms with Crippen molar-refractivity contribution in [2.45, 2.75) is 31.6 Å². The van der Waals surface area contributed by atoms with Gasteiger partial charge in [0, 0.05) is 19.1 Å². The highest BCUT2D eigenvalue weighted by Gasteiger charge is 2.27. The first-order chi connectivity index (χ1) is 8.56. The summed E-state index contributed by atoms with van der Waals surface area (Å²) in [5.74, 6) is 0. The Morgan fingerprint density at radius 3 is 2.83 bits per heavy atom. The molecule has 0 spiro atoms. The Balaban J connectivity index is 2.00. The van der Waals surface area contributed by atoms with E-state index in [1.807, 2.05) is 24.3 Å². The molecule has 5 heteroatoms. The molecule has 1 aliphatic rings. The molecule has 2 nitrogen and oxygen atoms in total. The molecule has 0 amide bonds. The maximum atomic E-state index is 12.1. The average Bonchev–Trinajstić information content (AvgIpc) is 2.51. The fourth-order valence-electron chi connectivity index (χ4n) is 2.26. The summed E-state index contributed by atoms with van der Waals surface area (Å²) < 4.78 is 36.4. The van der Waals surface area contributed by atoms with E-state index in [0.717, 1.165) is 25.1 Å². The van der Waals surface area contributed by atoms with Crippen molar-refractivity contribution in [3.63, 3.8) is 0 Å². The SMILES string of the molecule is FC(F)(F)CCNC1CCNCc2ccccc21. The summed E-state index contributed by atoms with van der Waals surface area (Å²) in [5, 5.41) is 6.29. The number of benzene rings is 1. The van der Waals surface area contributed by atoms with Gasteiger partial charge in [0.1, 0.15) is 0 Å². The van der Waals surface area contributed by atoms with Gasteiger partial charge in [-0.3, -0.25) is 0 Å². The van der Waals surface area contributed by atoms with Crippen molar-refractivity contribution in [1.29, 1.82) is 0 Å². The lowest BCUT2D eigenvalue weighted by molar-refractivity contribution is -0.133. The minimum Gasteiger partial charge on any atom is -0.313 e. The number of halogens is 3. The first kappa shape index (κ1) is 13.4. The fourth-order valence-corrected chi connectivity index (χ4v) is 2.26. The zero-order valence-electron chi connectivity index (χ0n) is 10.1.